The lowest BCUT2D eigenvalue weighted by molar-refractivity contribution is 1.27. The number of fused-ring (bicyclic) bond motifs is 1. The summed E-state index contributed by atoms with van der Waals surface area (Å²) < 4.78 is 0. The maximum absolute atomic E-state index is 4.91. The first-order chi connectivity index (χ1) is 15.5. The summed E-state index contributed by atoms with van der Waals surface area (Å²) in [4.78, 5) is 9.65. The van der Waals surface area contributed by atoms with Gasteiger partial charge in [0.25, 0.3) is 0 Å². The minimum atomic E-state index is 0.986. The Balaban J connectivity index is 1.81. The predicted octanol–water partition coefficient (Wildman–Crippen LogP) is 7.86. The summed E-state index contributed by atoms with van der Waals surface area (Å²) >= 11 is 0. The van der Waals surface area contributed by atoms with Gasteiger partial charge in [-0.2, -0.15) is 0 Å². The summed E-state index contributed by atoms with van der Waals surface area (Å²) in [6.07, 6.45) is 3.92. The van der Waals surface area contributed by atoms with Gasteiger partial charge in [-0.05, 0) is 61.4 Å². The van der Waals surface area contributed by atoms with Gasteiger partial charge in [-0.3, -0.25) is 9.97 Å². The highest BCUT2D eigenvalue weighted by Gasteiger charge is 2.17. The third kappa shape index (κ3) is 3.58. The van der Waals surface area contributed by atoms with Crippen molar-refractivity contribution in [3.05, 3.63) is 107 Å². The van der Waals surface area contributed by atoms with Gasteiger partial charge in [0.2, 0.25) is 0 Å². The number of rotatable bonds is 3. The zero-order valence-electron chi connectivity index (χ0n) is 19.0. The molecule has 5 rings (SSSR count). The number of pyridine rings is 2. The molecule has 0 aliphatic rings. The summed E-state index contributed by atoms with van der Waals surface area (Å²) in [5.41, 5.74) is 11.5. The molecule has 2 heterocycles. The fourth-order valence-electron chi connectivity index (χ4n) is 4.37. The first-order valence-electron chi connectivity index (χ1n) is 11.0. The monoisotopic (exact) mass is 414 g/mol. The zero-order chi connectivity index (χ0) is 22.2. The van der Waals surface area contributed by atoms with Crippen LogP contribution in [0.25, 0.3) is 44.4 Å². The lowest BCUT2D eigenvalue weighted by Gasteiger charge is -2.17. The van der Waals surface area contributed by atoms with Crippen LogP contribution in [0.1, 0.15) is 22.3 Å². The van der Waals surface area contributed by atoms with Crippen molar-refractivity contribution < 1.29 is 0 Å². The van der Waals surface area contributed by atoms with Crippen LogP contribution in [0.2, 0.25) is 0 Å². The van der Waals surface area contributed by atoms with E-state index in [4.69, 9.17) is 9.97 Å². The molecule has 156 valence electrons. The quantitative estimate of drug-likeness (QED) is 0.300. The number of aromatic nitrogens is 2. The Bertz CT molecular complexity index is 1450. The number of hydrogen-bond acceptors (Lipinski definition) is 2. The highest BCUT2D eigenvalue weighted by molar-refractivity contribution is 6.01. The van der Waals surface area contributed by atoms with Crippen molar-refractivity contribution in [2.45, 2.75) is 27.7 Å². The molecule has 3 aromatic carbocycles. The molecule has 0 spiro atoms. The highest BCUT2D eigenvalue weighted by Crippen LogP contribution is 2.40. The van der Waals surface area contributed by atoms with Gasteiger partial charge >= 0.3 is 0 Å². The molecule has 5 aromatic rings. The van der Waals surface area contributed by atoms with E-state index in [2.05, 4.69) is 100 Å². The molecular formula is C30H26N2. The SMILES string of the molecule is Cc1ccc(-c2ccc(C)cc2-c2cc(C)ccc2-c2ncc(C)c3ccccc23)nc1. The normalized spacial score (nSPS) is 11.1. The first kappa shape index (κ1) is 20.1. The van der Waals surface area contributed by atoms with Crippen molar-refractivity contribution in [3.63, 3.8) is 0 Å². The number of benzene rings is 3. The highest BCUT2D eigenvalue weighted by atomic mass is 14.7. The fraction of sp³-hybridized carbons (Fsp3) is 0.133. The van der Waals surface area contributed by atoms with Gasteiger partial charge in [0, 0.05) is 28.9 Å². The predicted molar refractivity (Wildman–Crippen MR) is 135 cm³/mol. The standard InChI is InChI=1S/C30H26N2/c1-19-9-12-24(29-14-11-21(3)17-31-29)27(15-19)28-16-20(2)10-13-26(28)30-25-8-6-5-7-23(25)22(4)18-32-30/h5-18H,1-4H3. The van der Waals surface area contributed by atoms with E-state index in [0.717, 1.165) is 28.1 Å². The van der Waals surface area contributed by atoms with Gasteiger partial charge in [-0.1, -0.05) is 77.9 Å². The van der Waals surface area contributed by atoms with E-state index in [1.54, 1.807) is 0 Å². The van der Waals surface area contributed by atoms with Crippen molar-refractivity contribution in [2.24, 2.45) is 0 Å². The average Bonchev–Trinajstić information content (AvgIpc) is 2.80. The molecule has 0 aliphatic heterocycles. The fourth-order valence-corrected chi connectivity index (χ4v) is 4.37. The Morgan fingerprint density at radius 3 is 1.81 bits per heavy atom. The molecule has 2 aromatic heterocycles. The minimum absolute atomic E-state index is 0.986. The van der Waals surface area contributed by atoms with E-state index >= 15 is 0 Å². The molecule has 0 saturated carbocycles. The summed E-state index contributed by atoms with van der Waals surface area (Å²) in [7, 11) is 0. The molecule has 2 nitrogen and oxygen atoms in total. The van der Waals surface area contributed by atoms with Crippen LogP contribution < -0.4 is 0 Å². The van der Waals surface area contributed by atoms with E-state index in [-0.39, 0.29) is 0 Å². The van der Waals surface area contributed by atoms with Gasteiger partial charge in [0.15, 0.2) is 0 Å². The van der Waals surface area contributed by atoms with E-state index in [1.165, 1.54) is 38.6 Å². The zero-order valence-corrected chi connectivity index (χ0v) is 19.0. The van der Waals surface area contributed by atoms with E-state index in [9.17, 15) is 0 Å². The molecule has 0 fully saturated rings. The Hall–Kier alpha value is -3.78. The molecule has 0 unspecified atom stereocenters. The Labute approximate surface area is 189 Å². The van der Waals surface area contributed by atoms with Crippen LogP contribution in [0.4, 0.5) is 0 Å². The van der Waals surface area contributed by atoms with E-state index in [0.29, 0.717) is 0 Å². The molecule has 0 aliphatic carbocycles. The average molecular weight is 415 g/mol. The van der Waals surface area contributed by atoms with Crippen LogP contribution in [0.5, 0.6) is 0 Å². The summed E-state index contributed by atoms with van der Waals surface area (Å²) in [6, 6.07) is 26.1. The first-order valence-corrected chi connectivity index (χ1v) is 11.0. The minimum Gasteiger partial charge on any atom is -0.256 e. The van der Waals surface area contributed by atoms with Crippen molar-refractivity contribution in [1.82, 2.24) is 9.97 Å². The summed E-state index contributed by atoms with van der Waals surface area (Å²) in [6.45, 7) is 8.48. The lowest BCUT2D eigenvalue weighted by atomic mass is 9.88. The third-order valence-corrected chi connectivity index (χ3v) is 6.08. The van der Waals surface area contributed by atoms with Crippen LogP contribution in [0.15, 0.2) is 85.2 Å². The Morgan fingerprint density at radius 2 is 1.12 bits per heavy atom. The lowest BCUT2D eigenvalue weighted by Crippen LogP contribution is -1.95. The Morgan fingerprint density at radius 1 is 0.500 bits per heavy atom. The number of nitrogens with zero attached hydrogens (tertiary/aromatic N) is 2. The van der Waals surface area contributed by atoms with Crippen LogP contribution in [0.3, 0.4) is 0 Å². The number of hydrogen-bond donors (Lipinski definition) is 0. The van der Waals surface area contributed by atoms with Gasteiger partial charge in [0.05, 0.1) is 11.4 Å². The molecule has 32 heavy (non-hydrogen) atoms. The van der Waals surface area contributed by atoms with Gasteiger partial charge in [-0.15, -0.1) is 0 Å². The third-order valence-electron chi connectivity index (χ3n) is 6.08. The molecule has 2 heteroatoms. The van der Waals surface area contributed by atoms with Gasteiger partial charge < -0.3 is 0 Å². The van der Waals surface area contributed by atoms with Crippen LogP contribution in [-0.4, -0.2) is 9.97 Å². The smallest absolute Gasteiger partial charge is 0.0786 e. The second-order valence-electron chi connectivity index (χ2n) is 8.65. The van der Waals surface area contributed by atoms with E-state index in [1.807, 2.05) is 12.4 Å². The number of aryl methyl sites for hydroxylation is 4. The molecule has 0 bridgehead atoms. The van der Waals surface area contributed by atoms with Crippen molar-refractivity contribution in [2.75, 3.05) is 0 Å². The van der Waals surface area contributed by atoms with Gasteiger partial charge in [0.1, 0.15) is 0 Å². The van der Waals surface area contributed by atoms with Crippen LogP contribution >= 0.6 is 0 Å². The molecule has 0 atom stereocenters. The van der Waals surface area contributed by atoms with Crippen LogP contribution in [-0.2, 0) is 0 Å². The van der Waals surface area contributed by atoms with Crippen molar-refractivity contribution >= 4 is 10.8 Å². The van der Waals surface area contributed by atoms with Crippen molar-refractivity contribution in [1.29, 1.82) is 0 Å². The van der Waals surface area contributed by atoms with Gasteiger partial charge in [-0.25, -0.2) is 0 Å². The second-order valence-corrected chi connectivity index (χ2v) is 8.65. The van der Waals surface area contributed by atoms with Crippen molar-refractivity contribution in [3.8, 4) is 33.6 Å². The maximum atomic E-state index is 4.91. The van der Waals surface area contributed by atoms with Crippen LogP contribution in [0, 0.1) is 27.7 Å². The molecular weight excluding hydrogens is 388 g/mol. The maximum Gasteiger partial charge on any atom is 0.0786 e. The summed E-state index contributed by atoms with van der Waals surface area (Å²) in [5.74, 6) is 0. The largest absolute Gasteiger partial charge is 0.256 e. The molecule has 0 amide bonds. The second kappa shape index (κ2) is 8.05. The summed E-state index contributed by atoms with van der Waals surface area (Å²) in [5, 5.41) is 2.42. The molecule has 0 N–H and O–H groups in total. The Kier molecular flexibility index (Phi) is 5.07. The molecule has 0 radical (unpaired) electrons. The topological polar surface area (TPSA) is 25.8 Å². The van der Waals surface area contributed by atoms with E-state index < -0.39 is 0 Å². The molecule has 0 saturated heterocycles.